The quantitative estimate of drug-likeness (QED) is 0.678. The molecule has 2 aromatic carbocycles. The van der Waals surface area contributed by atoms with Gasteiger partial charge in [-0.25, -0.2) is 0 Å². The number of aliphatic hydroxyl groups excluding tert-OH is 1. The molecule has 0 aliphatic heterocycles. The lowest BCUT2D eigenvalue weighted by Gasteiger charge is -2.19. The second kappa shape index (κ2) is 6.69. The fraction of sp³-hybridized carbons (Fsp3) is 0.176. The van der Waals surface area contributed by atoms with Crippen molar-refractivity contribution >= 4 is 17.8 Å². The monoisotopic (exact) mass is 286 g/mol. The van der Waals surface area contributed by atoms with Crippen LogP contribution in [0.1, 0.15) is 6.92 Å². The summed E-state index contributed by atoms with van der Waals surface area (Å²) < 4.78 is 13.6. The van der Waals surface area contributed by atoms with Gasteiger partial charge in [0.05, 0.1) is 6.61 Å². The number of allylic oxidation sites excluding steroid dienone is 1. The lowest BCUT2D eigenvalue weighted by Crippen LogP contribution is -2.19. The van der Waals surface area contributed by atoms with Crippen molar-refractivity contribution in [1.29, 1.82) is 0 Å². The highest BCUT2D eigenvalue weighted by molar-refractivity contribution is 7.78. The van der Waals surface area contributed by atoms with E-state index in [0.29, 0.717) is 6.16 Å². The second-order valence-corrected chi connectivity index (χ2v) is 7.63. The molecule has 0 fully saturated rings. The van der Waals surface area contributed by atoms with Crippen molar-refractivity contribution in [3.8, 4) is 0 Å². The summed E-state index contributed by atoms with van der Waals surface area (Å²) in [5.41, 5.74) is 0.948. The zero-order valence-corrected chi connectivity index (χ0v) is 12.5. The molecule has 0 spiro atoms. The van der Waals surface area contributed by atoms with Crippen LogP contribution in [-0.4, -0.2) is 17.9 Å². The lowest BCUT2D eigenvalue weighted by atomic mass is 10.3. The summed E-state index contributed by atoms with van der Waals surface area (Å²) in [4.78, 5) is 0. The number of hydrogen-bond donors (Lipinski definition) is 1. The van der Waals surface area contributed by atoms with Gasteiger partial charge < -0.3 is 9.67 Å². The van der Waals surface area contributed by atoms with Crippen molar-refractivity contribution < 1.29 is 9.67 Å². The van der Waals surface area contributed by atoms with Gasteiger partial charge in [0.15, 0.2) is 0 Å². The van der Waals surface area contributed by atoms with E-state index in [9.17, 15) is 4.57 Å². The molecule has 1 N–H and O–H groups in total. The molecule has 104 valence electrons. The van der Waals surface area contributed by atoms with Crippen LogP contribution in [0.2, 0.25) is 0 Å². The Morgan fingerprint density at radius 3 is 1.85 bits per heavy atom. The van der Waals surface area contributed by atoms with E-state index >= 15 is 0 Å². The minimum Gasteiger partial charge on any atom is -0.392 e. The molecule has 3 heteroatoms. The summed E-state index contributed by atoms with van der Waals surface area (Å²) in [5.74, 6) is 0. The van der Waals surface area contributed by atoms with Crippen LogP contribution in [-0.2, 0) is 4.57 Å². The smallest absolute Gasteiger partial charge is 0.147 e. The van der Waals surface area contributed by atoms with E-state index in [1.165, 1.54) is 0 Å². The minimum atomic E-state index is -2.69. The fourth-order valence-electron chi connectivity index (χ4n) is 2.24. The Bertz CT molecular complexity index is 574. The highest BCUT2D eigenvalue weighted by Gasteiger charge is 2.26. The zero-order chi connectivity index (χ0) is 14.4. The van der Waals surface area contributed by atoms with Gasteiger partial charge in [0.25, 0.3) is 0 Å². The molecule has 0 saturated carbocycles. The molecule has 2 rings (SSSR count). The summed E-state index contributed by atoms with van der Waals surface area (Å²) in [7, 11) is -2.69. The lowest BCUT2D eigenvalue weighted by molar-refractivity contribution is 0.342. The molecule has 0 heterocycles. The van der Waals surface area contributed by atoms with Gasteiger partial charge in [-0.1, -0.05) is 72.3 Å². The highest BCUT2D eigenvalue weighted by Crippen LogP contribution is 2.44. The van der Waals surface area contributed by atoms with Crippen molar-refractivity contribution in [2.24, 2.45) is 0 Å². The summed E-state index contributed by atoms with van der Waals surface area (Å²) >= 11 is 0. The number of hydrogen-bond acceptors (Lipinski definition) is 2. The van der Waals surface area contributed by atoms with Crippen LogP contribution in [0.15, 0.2) is 72.3 Å². The Balaban J connectivity index is 2.50. The van der Waals surface area contributed by atoms with E-state index in [4.69, 9.17) is 5.11 Å². The molecular weight excluding hydrogens is 267 g/mol. The van der Waals surface area contributed by atoms with Gasteiger partial charge in [0.2, 0.25) is 0 Å². The van der Waals surface area contributed by atoms with Gasteiger partial charge in [-0.3, -0.25) is 0 Å². The standard InChI is InChI=1S/C17H19O2P/c1-15(12-13-18)14-20(19,16-8-4-2-5-9-16)17-10-6-3-7-11-17/h2-12,18H,13-14H2,1H3/b15-12+. The summed E-state index contributed by atoms with van der Waals surface area (Å²) in [5, 5.41) is 10.7. The number of rotatable bonds is 5. The fourth-order valence-corrected chi connectivity index (χ4v) is 5.04. The molecule has 0 radical (unpaired) electrons. The predicted molar refractivity (Wildman–Crippen MR) is 85.5 cm³/mol. The first kappa shape index (κ1) is 14.8. The van der Waals surface area contributed by atoms with Crippen molar-refractivity contribution in [3.63, 3.8) is 0 Å². The third-order valence-electron chi connectivity index (χ3n) is 3.26. The Labute approximate surface area is 120 Å². The molecule has 0 atom stereocenters. The average molecular weight is 286 g/mol. The molecule has 20 heavy (non-hydrogen) atoms. The van der Waals surface area contributed by atoms with Crippen LogP contribution < -0.4 is 10.6 Å². The van der Waals surface area contributed by atoms with Crippen molar-refractivity contribution in [3.05, 3.63) is 72.3 Å². The van der Waals surface area contributed by atoms with Crippen LogP contribution in [0.25, 0.3) is 0 Å². The van der Waals surface area contributed by atoms with Gasteiger partial charge >= 0.3 is 0 Å². The van der Waals surface area contributed by atoms with E-state index < -0.39 is 7.14 Å². The molecule has 0 aliphatic carbocycles. The second-order valence-electron chi connectivity index (χ2n) is 4.80. The molecule has 2 aromatic rings. The molecule has 0 aliphatic rings. The average Bonchev–Trinajstić information content (AvgIpc) is 2.49. The topological polar surface area (TPSA) is 37.3 Å². The number of benzene rings is 2. The van der Waals surface area contributed by atoms with E-state index in [-0.39, 0.29) is 6.61 Å². The molecule has 2 nitrogen and oxygen atoms in total. The van der Waals surface area contributed by atoms with Crippen LogP contribution in [0.4, 0.5) is 0 Å². The van der Waals surface area contributed by atoms with Crippen molar-refractivity contribution in [2.45, 2.75) is 6.92 Å². The van der Waals surface area contributed by atoms with Crippen LogP contribution in [0.5, 0.6) is 0 Å². The Hall–Kier alpha value is -1.63. The summed E-state index contributed by atoms with van der Waals surface area (Å²) in [6.07, 6.45) is 2.18. The molecule has 0 saturated heterocycles. The van der Waals surface area contributed by atoms with E-state index in [1.807, 2.05) is 67.6 Å². The van der Waals surface area contributed by atoms with Gasteiger partial charge in [0.1, 0.15) is 7.14 Å². The largest absolute Gasteiger partial charge is 0.392 e. The van der Waals surface area contributed by atoms with E-state index in [2.05, 4.69) is 0 Å². The maximum absolute atomic E-state index is 13.6. The van der Waals surface area contributed by atoms with Gasteiger partial charge in [-0.15, -0.1) is 0 Å². The molecule has 0 bridgehead atoms. The minimum absolute atomic E-state index is 0.0184. The van der Waals surface area contributed by atoms with Crippen molar-refractivity contribution in [1.82, 2.24) is 0 Å². The number of aliphatic hydroxyl groups is 1. The first-order chi connectivity index (χ1) is 9.66. The molecule has 0 aromatic heterocycles. The van der Waals surface area contributed by atoms with Crippen LogP contribution in [0, 0.1) is 0 Å². The maximum atomic E-state index is 13.6. The van der Waals surface area contributed by atoms with E-state index in [0.717, 1.165) is 16.2 Å². The normalized spacial score (nSPS) is 12.4. The van der Waals surface area contributed by atoms with Crippen molar-refractivity contribution in [2.75, 3.05) is 12.8 Å². The summed E-state index contributed by atoms with van der Waals surface area (Å²) in [6, 6.07) is 19.2. The van der Waals surface area contributed by atoms with Crippen LogP contribution >= 0.6 is 7.14 Å². The van der Waals surface area contributed by atoms with Gasteiger partial charge in [0, 0.05) is 16.8 Å². The molecule has 0 amide bonds. The maximum Gasteiger partial charge on any atom is 0.147 e. The molecule has 0 unspecified atom stereocenters. The van der Waals surface area contributed by atoms with Gasteiger partial charge in [-0.2, -0.15) is 0 Å². The SMILES string of the molecule is C/C(=C\CO)CP(=O)(c1ccccc1)c1ccccc1. The first-order valence-electron chi connectivity index (χ1n) is 6.63. The zero-order valence-electron chi connectivity index (χ0n) is 11.6. The third kappa shape index (κ3) is 3.27. The van der Waals surface area contributed by atoms with E-state index in [1.54, 1.807) is 6.08 Å². The highest BCUT2D eigenvalue weighted by atomic mass is 31.2. The predicted octanol–water partition coefficient (Wildman–Crippen LogP) is 2.94. The third-order valence-corrected chi connectivity index (χ3v) is 6.47. The van der Waals surface area contributed by atoms with Gasteiger partial charge in [-0.05, 0) is 6.92 Å². The Morgan fingerprint density at radius 2 is 1.45 bits per heavy atom. The summed E-state index contributed by atoms with van der Waals surface area (Å²) in [6.45, 7) is 1.89. The molecular formula is C17H19O2P. The Kier molecular flexibility index (Phi) is 4.94. The Morgan fingerprint density at radius 1 is 1.00 bits per heavy atom. The first-order valence-corrected chi connectivity index (χ1v) is 8.53. The van der Waals surface area contributed by atoms with Crippen LogP contribution in [0.3, 0.4) is 0 Å².